The molecule has 0 aliphatic carbocycles. The van der Waals surface area contributed by atoms with Crippen molar-refractivity contribution >= 4 is 21.6 Å². The first-order chi connectivity index (χ1) is 9.66. The molecule has 0 bridgehead atoms. The van der Waals surface area contributed by atoms with Crippen molar-refractivity contribution < 1.29 is 9.66 Å². The van der Waals surface area contributed by atoms with E-state index in [1.165, 1.54) is 38.2 Å². The van der Waals surface area contributed by atoms with Crippen LogP contribution < -0.4 is 0 Å². The number of rotatable bonds is 10. The summed E-state index contributed by atoms with van der Waals surface area (Å²) >= 11 is 3.27. The summed E-state index contributed by atoms with van der Waals surface area (Å²) in [4.78, 5) is 10.4. The van der Waals surface area contributed by atoms with E-state index in [0.29, 0.717) is 17.7 Å². The van der Waals surface area contributed by atoms with Crippen LogP contribution >= 0.6 is 15.9 Å². The molecule has 0 amide bonds. The normalized spacial score (nSPS) is 10.7. The third kappa shape index (κ3) is 6.01. The van der Waals surface area contributed by atoms with E-state index >= 15 is 0 Å². The molecular formula is C15H22BrNO3. The van der Waals surface area contributed by atoms with Gasteiger partial charge in [0.25, 0.3) is 5.69 Å². The Morgan fingerprint density at radius 3 is 2.60 bits per heavy atom. The molecule has 0 saturated heterocycles. The van der Waals surface area contributed by atoms with Crippen molar-refractivity contribution in [3.05, 3.63) is 38.3 Å². The molecular weight excluding hydrogens is 322 g/mol. The van der Waals surface area contributed by atoms with Crippen molar-refractivity contribution in [3.63, 3.8) is 0 Å². The van der Waals surface area contributed by atoms with Gasteiger partial charge in [0.1, 0.15) is 4.47 Å². The van der Waals surface area contributed by atoms with Crippen LogP contribution in [0.25, 0.3) is 0 Å². The average molecular weight is 344 g/mol. The summed E-state index contributed by atoms with van der Waals surface area (Å²) in [7, 11) is 0. The van der Waals surface area contributed by atoms with Gasteiger partial charge >= 0.3 is 0 Å². The molecule has 0 spiro atoms. The minimum absolute atomic E-state index is 0.0886. The zero-order chi connectivity index (χ0) is 14.8. The minimum atomic E-state index is -0.388. The number of hydrogen-bond donors (Lipinski definition) is 0. The smallest absolute Gasteiger partial charge is 0.283 e. The Labute approximate surface area is 128 Å². The van der Waals surface area contributed by atoms with E-state index in [2.05, 4.69) is 22.9 Å². The third-order valence-corrected chi connectivity index (χ3v) is 4.07. The Kier molecular flexibility index (Phi) is 8.46. The van der Waals surface area contributed by atoms with Gasteiger partial charge in [-0.05, 0) is 27.9 Å². The van der Waals surface area contributed by atoms with E-state index in [4.69, 9.17) is 4.74 Å². The molecule has 0 unspecified atom stereocenters. The van der Waals surface area contributed by atoms with Crippen LogP contribution in [0.15, 0.2) is 22.7 Å². The van der Waals surface area contributed by atoms with Crippen molar-refractivity contribution in [1.82, 2.24) is 0 Å². The zero-order valence-corrected chi connectivity index (χ0v) is 13.5. The van der Waals surface area contributed by atoms with Crippen LogP contribution in [0, 0.1) is 10.1 Å². The first-order valence-electron chi connectivity index (χ1n) is 7.16. The SMILES string of the molecule is CCCCCCCCOCc1cccc([N+](=O)[O-])c1Br. The Morgan fingerprint density at radius 2 is 1.90 bits per heavy atom. The monoisotopic (exact) mass is 343 g/mol. The summed E-state index contributed by atoms with van der Waals surface area (Å²) < 4.78 is 6.11. The number of ether oxygens (including phenoxy) is 1. The molecule has 0 atom stereocenters. The highest BCUT2D eigenvalue weighted by Gasteiger charge is 2.14. The second-order valence-corrected chi connectivity index (χ2v) is 5.62. The van der Waals surface area contributed by atoms with Crippen molar-refractivity contribution in [2.75, 3.05) is 6.61 Å². The van der Waals surface area contributed by atoms with Gasteiger partial charge in [-0.25, -0.2) is 0 Å². The molecule has 0 heterocycles. The third-order valence-electron chi connectivity index (χ3n) is 3.15. The molecule has 1 aromatic rings. The van der Waals surface area contributed by atoms with E-state index in [1.807, 2.05) is 6.07 Å². The van der Waals surface area contributed by atoms with E-state index in [-0.39, 0.29) is 10.6 Å². The molecule has 0 aliphatic heterocycles. The highest BCUT2D eigenvalue weighted by molar-refractivity contribution is 9.10. The topological polar surface area (TPSA) is 52.4 Å². The fraction of sp³-hybridized carbons (Fsp3) is 0.600. The molecule has 0 saturated carbocycles. The number of nitro benzene ring substituents is 1. The lowest BCUT2D eigenvalue weighted by molar-refractivity contribution is -0.385. The van der Waals surface area contributed by atoms with Crippen molar-refractivity contribution in [2.24, 2.45) is 0 Å². The minimum Gasteiger partial charge on any atom is -0.377 e. The molecule has 20 heavy (non-hydrogen) atoms. The lowest BCUT2D eigenvalue weighted by Gasteiger charge is -2.06. The quantitative estimate of drug-likeness (QED) is 0.332. The van der Waals surface area contributed by atoms with Gasteiger partial charge in [0, 0.05) is 12.7 Å². The van der Waals surface area contributed by atoms with Gasteiger partial charge in [-0.3, -0.25) is 10.1 Å². The van der Waals surface area contributed by atoms with Crippen LogP contribution in [0.2, 0.25) is 0 Å². The van der Waals surface area contributed by atoms with E-state index in [9.17, 15) is 10.1 Å². The number of halogens is 1. The summed E-state index contributed by atoms with van der Waals surface area (Å²) in [5.74, 6) is 0. The maximum atomic E-state index is 10.8. The number of unbranched alkanes of at least 4 members (excludes halogenated alkanes) is 5. The van der Waals surface area contributed by atoms with Gasteiger partial charge < -0.3 is 4.74 Å². The summed E-state index contributed by atoms with van der Waals surface area (Å²) in [6.45, 7) is 3.33. The molecule has 5 heteroatoms. The predicted molar refractivity (Wildman–Crippen MR) is 83.8 cm³/mol. The van der Waals surface area contributed by atoms with Gasteiger partial charge in [-0.15, -0.1) is 0 Å². The number of benzene rings is 1. The van der Waals surface area contributed by atoms with Crippen LogP contribution in [-0.4, -0.2) is 11.5 Å². The van der Waals surface area contributed by atoms with Gasteiger partial charge in [-0.1, -0.05) is 51.2 Å². The van der Waals surface area contributed by atoms with Gasteiger partial charge in [-0.2, -0.15) is 0 Å². The highest BCUT2D eigenvalue weighted by Crippen LogP contribution is 2.28. The summed E-state index contributed by atoms with van der Waals surface area (Å²) in [5, 5.41) is 10.8. The predicted octanol–water partition coefficient (Wildman–Crippen LogP) is 5.23. The second kappa shape index (κ2) is 9.88. The van der Waals surface area contributed by atoms with Crippen LogP contribution in [0.3, 0.4) is 0 Å². The molecule has 0 aromatic heterocycles. The summed E-state index contributed by atoms with van der Waals surface area (Å²) in [5.41, 5.74) is 0.913. The standard InChI is InChI=1S/C15H22BrNO3/c1-2-3-4-5-6-7-11-20-12-13-9-8-10-14(15(13)16)17(18)19/h8-10H,2-7,11-12H2,1H3. The van der Waals surface area contributed by atoms with Crippen LogP contribution in [0.1, 0.15) is 51.0 Å². The fourth-order valence-electron chi connectivity index (χ4n) is 1.99. The number of nitro groups is 1. The van der Waals surface area contributed by atoms with Crippen molar-refractivity contribution in [3.8, 4) is 0 Å². The lowest BCUT2D eigenvalue weighted by Crippen LogP contribution is -1.98. The Hall–Kier alpha value is -0.940. The number of hydrogen-bond acceptors (Lipinski definition) is 3. The zero-order valence-electron chi connectivity index (χ0n) is 11.9. The second-order valence-electron chi connectivity index (χ2n) is 4.83. The van der Waals surface area contributed by atoms with Crippen LogP contribution in [-0.2, 0) is 11.3 Å². The van der Waals surface area contributed by atoms with Crippen molar-refractivity contribution in [2.45, 2.75) is 52.1 Å². The molecule has 1 rings (SSSR count). The van der Waals surface area contributed by atoms with Gasteiger partial charge in [0.2, 0.25) is 0 Å². The average Bonchev–Trinajstić information content (AvgIpc) is 2.43. The molecule has 112 valence electrons. The van der Waals surface area contributed by atoms with E-state index in [1.54, 1.807) is 6.07 Å². The molecule has 4 nitrogen and oxygen atoms in total. The Morgan fingerprint density at radius 1 is 1.20 bits per heavy atom. The van der Waals surface area contributed by atoms with Gasteiger partial charge in [0.15, 0.2) is 0 Å². The maximum Gasteiger partial charge on any atom is 0.283 e. The molecule has 0 fully saturated rings. The van der Waals surface area contributed by atoms with E-state index < -0.39 is 0 Å². The van der Waals surface area contributed by atoms with Crippen LogP contribution in [0.4, 0.5) is 5.69 Å². The molecule has 0 N–H and O–H groups in total. The Bertz CT molecular complexity index is 424. The van der Waals surface area contributed by atoms with Gasteiger partial charge in [0.05, 0.1) is 11.5 Å². The first kappa shape index (κ1) is 17.1. The molecule has 1 aromatic carbocycles. The molecule has 0 radical (unpaired) electrons. The number of nitrogens with zero attached hydrogens (tertiary/aromatic N) is 1. The largest absolute Gasteiger partial charge is 0.377 e. The summed E-state index contributed by atoms with van der Waals surface area (Å²) in [6, 6.07) is 5.02. The maximum absolute atomic E-state index is 10.8. The molecule has 0 aliphatic rings. The highest BCUT2D eigenvalue weighted by atomic mass is 79.9. The Balaban J connectivity index is 2.25. The van der Waals surface area contributed by atoms with E-state index in [0.717, 1.165) is 12.0 Å². The first-order valence-corrected chi connectivity index (χ1v) is 7.95. The van der Waals surface area contributed by atoms with Crippen molar-refractivity contribution in [1.29, 1.82) is 0 Å². The lowest BCUT2D eigenvalue weighted by atomic mass is 10.1. The fourth-order valence-corrected chi connectivity index (χ4v) is 2.51. The summed E-state index contributed by atoms with van der Waals surface area (Å²) in [6.07, 6.45) is 7.37. The van der Waals surface area contributed by atoms with Crippen LogP contribution in [0.5, 0.6) is 0 Å².